The number of piperazine rings is 2. The van der Waals surface area contributed by atoms with Gasteiger partial charge in [0.25, 0.3) is 0 Å². The molecule has 2 saturated heterocycles. The van der Waals surface area contributed by atoms with Gasteiger partial charge in [-0.15, -0.1) is 0 Å². The van der Waals surface area contributed by atoms with Crippen LogP contribution in [0, 0.1) is 0 Å². The standard InChI is InChI=1S/C22H35ClN6O/c1-3-24-22(25-9-10-27-13-11-26(4-2)12-14-27)29-16-15-28(21(30)18-29)17-19-5-7-20(23)8-6-19/h5-8H,3-4,9-18H2,1-2H3,(H,24,25). The van der Waals surface area contributed by atoms with E-state index in [9.17, 15) is 4.79 Å². The van der Waals surface area contributed by atoms with E-state index in [2.05, 4.69) is 33.9 Å². The average Bonchev–Trinajstić information content (AvgIpc) is 2.76. The molecule has 2 aliphatic heterocycles. The van der Waals surface area contributed by atoms with Crippen molar-refractivity contribution in [2.45, 2.75) is 20.4 Å². The van der Waals surface area contributed by atoms with E-state index < -0.39 is 0 Å². The van der Waals surface area contributed by atoms with Crippen molar-refractivity contribution in [1.29, 1.82) is 0 Å². The molecule has 0 radical (unpaired) electrons. The molecule has 7 nitrogen and oxygen atoms in total. The molecular formula is C22H35ClN6O. The summed E-state index contributed by atoms with van der Waals surface area (Å²) in [6, 6.07) is 7.70. The van der Waals surface area contributed by atoms with E-state index in [1.807, 2.05) is 29.2 Å². The Bertz CT molecular complexity index is 702. The fraction of sp³-hybridized carbons (Fsp3) is 0.636. The third kappa shape index (κ3) is 6.59. The van der Waals surface area contributed by atoms with Crippen molar-refractivity contribution in [2.75, 3.05) is 72.0 Å². The minimum absolute atomic E-state index is 0.137. The second-order valence-corrected chi connectivity index (χ2v) is 8.31. The summed E-state index contributed by atoms with van der Waals surface area (Å²) in [5.41, 5.74) is 1.10. The summed E-state index contributed by atoms with van der Waals surface area (Å²) in [4.78, 5) is 26.5. The first-order chi connectivity index (χ1) is 14.6. The SMILES string of the molecule is CCNC(=NCCN1CCN(CC)CC1)N1CCN(Cc2ccc(Cl)cc2)C(=O)C1. The van der Waals surface area contributed by atoms with Gasteiger partial charge in [0.05, 0.1) is 13.1 Å². The van der Waals surface area contributed by atoms with E-state index in [1.165, 1.54) is 0 Å². The molecule has 0 bridgehead atoms. The maximum Gasteiger partial charge on any atom is 0.242 e. The maximum absolute atomic E-state index is 12.7. The quantitative estimate of drug-likeness (QED) is 0.521. The number of aliphatic imine (C=N–C) groups is 1. The molecular weight excluding hydrogens is 400 g/mol. The van der Waals surface area contributed by atoms with E-state index >= 15 is 0 Å². The molecule has 2 fully saturated rings. The lowest BCUT2D eigenvalue weighted by atomic mass is 10.2. The second kappa shape index (κ2) is 11.5. The van der Waals surface area contributed by atoms with Crippen molar-refractivity contribution < 1.29 is 4.79 Å². The van der Waals surface area contributed by atoms with Crippen LogP contribution in [0.3, 0.4) is 0 Å². The maximum atomic E-state index is 12.7. The van der Waals surface area contributed by atoms with Gasteiger partial charge in [0.1, 0.15) is 0 Å². The summed E-state index contributed by atoms with van der Waals surface area (Å²) >= 11 is 5.96. The van der Waals surface area contributed by atoms with Gasteiger partial charge in [-0.05, 0) is 31.2 Å². The highest BCUT2D eigenvalue weighted by Crippen LogP contribution is 2.13. The third-order valence-electron chi connectivity index (χ3n) is 5.83. The van der Waals surface area contributed by atoms with Gasteiger partial charge in [-0.25, -0.2) is 0 Å². The van der Waals surface area contributed by atoms with E-state index in [4.69, 9.17) is 16.6 Å². The van der Waals surface area contributed by atoms with Gasteiger partial charge in [-0.2, -0.15) is 0 Å². The van der Waals surface area contributed by atoms with Crippen LogP contribution in [-0.2, 0) is 11.3 Å². The molecule has 0 saturated carbocycles. The Kier molecular flexibility index (Phi) is 8.78. The van der Waals surface area contributed by atoms with Crippen LogP contribution in [0.1, 0.15) is 19.4 Å². The first-order valence-electron chi connectivity index (χ1n) is 11.1. The molecule has 3 rings (SSSR count). The molecule has 8 heteroatoms. The van der Waals surface area contributed by atoms with Crippen LogP contribution in [0.2, 0.25) is 5.02 Å². The molecule has 0 aromatic heterocycles. The Balaban J connectivity index is 1.49. The van der Waals surface area contributed by atoms with Crippen molar-refractivity contribution in [1.82, 2.24) is 24.9 Å². The number of carbonyl (C=O) groups excluding carboxylic acids is 1. The molecule has 1 aromatic carbocycles. The van der Waals surface area contributed by atoms with Crippen molar-refractivity contribution in [3.8, 4) is 0 Å². The monoisotopic (exact) mass is 434 g/mol. The molecule has 1 N–H and O–H groups in total. The van der Waals surface area contributed by atoms with Crippen LogP contribution >= 0.6 is 11.6 Å². The first kappa shape index (κ1) is 22.8. The van der Waals surface area contributed by atoms with Gasteiger partial charge in [-0.3, -0.25) is 14.7 Å². The Labute approximate surface area is 185 Å². The van der Waals surface area contributed by atoms with E-state index in [0.717, 1.165) is 70.4 Å². The summed E-state index contributed by atoms with van der Waals surface area (Å²) in [5.74, 6) is 0.988. The van der Waals surface area contributed by atoms with Crippen LogP contribution in [0.5, 0.6) is 0 Å². The number of likely N-dealkylation sites (N-methyl/N-ethyl adjacent to an activating group) is 1. The molecule has 0 aliphatic carbocycles. The topological polar surface area (TPSA) is 54.4 Å². The lowest BCUT2D eigenvalue weighted by Crippen LogP contribution is -2.55. The Morgan fingerprint density at radius 3 is 2.37 bits per heavy atom. The van der Waals surface area contributed by atoms with Gasteiger partial charge in [0.2, 0.25) is 5.91 Å². The average molecular weight is 435 g/mol. The number of hydrogen-bond acceptors (Lipinski definition) is 4. The predicted molar refractivity (Wildman–Crippen MR) is 123 cm³/mol. The summed E-state index contributed by atoms with van der Waals surface area (Å²) in [7, 11) is 0. The van der Waals surface area contributed by atoms with E-state index in [1.54, 1.807) is 0 Å². The molecule has 0 unspecified atom stereocenters. The smallest absolute Gasteiger partial charge is 0.242 e. The highest BCUT2D eigenvalue weighted by atomic mass is 35.5. The van der Waals surface area contributed by atoms with Crippen LogP contribution in [-0.4, -0.2) is 103 Å². The van der Waals surface area contributed by atoms with Crippen molar-refractivity contribution in [3.63, 3.8) is 0 Å². The number of carbonyl (C=O) groups is 1. The Hall–Kier alpha value is -1.83. The number of rotatable bonds is 7. The van der Waals surface area contributed by atoms with Gasteiger partial charge in [-0.1, -0.05) is 30.7 Å². The number of guanidine groups is 1. The van der Waals surface area contributed by atoms with Gasteiger partial charge < -0.3 is 20.0 Å². The number of benzene rings is 1. The number of hydrogen-bond donors (Lipinski definition) is 1. The molecule has 1 amide bonds. The zero-order valence-corrected chi connectivity index (χ0v) is 19.1. The molecule has 2 heterocycles. The summed E-state index contributed by atoms with van der Waals surface area (Å²) in [6.07, 6.45) is 0. The predicted octanol–water partition coefficient (Wildman–Crippen LogP) is 1.59. The molecule has 0 spiro atoms. The molecule has 30 heavy (non-hydrogen) atoms. The molecule has 1 aromatic rings. The zero-order chi connectivity index (χ0) is 21.3. The van der Waals surface area contributed by atoms with Gasteiger partial charge in [0, 0.05) is 63.9 Å². The Morgan fingerprint density at radius 1 is 1.03 bits per heavy atom. The first-order valence-corrected chi connectivity index (χ1v) is 11.5. The highest BCUT2D eigenvalue weighted by Gasteiger charge is 2.26. The lowest BCUT2D eigenvalue weighted by molar-refractivity contribution is -0.135. The van der Waals surface area contributed by atoms with E-state index in [-0.39, 0.29) is 5.91 Å². The van der Waals surface area contributed by atoms with E-state index in [0.29, 0.717) is 24.7 Å². The third-order valence-corrected chi connectivity index (χ3v) is 6.08. The lowest BCUT2D eigenvalue weighted by Gasteiger charge is -2.36. The zero-order valence-electron chi connectivity index (χ0n) is 18.3. The van der Waals surface area contributed by atoms with Crippen molar-refractivity contribution in [2.24, 2.45) is 4.99 Å². The van der Waals surface area contributed by atoms with Crippen molar-refractivity contribution in [3.05, 3.63) is 34.9 Å². The molecule has 2 aliphatic rings. The van der Waals surface area contributed by atoms with Crippen LogP contribution in [0.25, 0.3) is 0 Å². The van der Waals surface area contributed by atoms with Crippen LogP contribution in [0.15, 0.2) is 29.3 Å². The van der Waals surface area contributed by atoms with Crippen molar-refractivity contribution >= 4 is 23.5 Å². The second-order valence-electron chi connectivity index (χ2n) is 7.87. The summed E-state index contributed by atoms with van der Waals surface area (Å²) in [5, 5.41) is 4.08. The fourth-order valence-corrected chi connectivity index (χ4v) is 4.04. The Morgan fingerprint density at radius 2 is 1.73 bits per heavy atom. The fourth-order valence-electron chi connectivity index (χ4n) is 3.92. The molecule has 0 atom stereocenters. The minimum Gasteiger partial charge on any atom is -0.357 e. The summed E-state index contributed by atoms with van der Waals surface area (Å²) < 4.78 is 0. The number of amides is 1. The van der Waals surface area contributed by atoms with Gasteiger partial charge in [0.15, 0.2) is 5.96 Å². The molecule has 166 valence electrons. The number of nitrogens with one attached hydrogen (secondary N) is 1. The van der Waals surface area contributed by atoms with Crippen LogP contribution < -0.4 is 5.32 Å². The summed E-state index contributed by atoms with van der Waals surface area (Å²) in [6.45, 7) is 14.9. The minimum atomic E-state index is 0.137. The number of nitrogens with zero attached hydrogens (tertiary/aromatic N) is 5. The number of halogens is 1. The van der Waals surface area contributed by atoms with Crippen LogP contribution in [0.4, 0.5) is 0 Å². The highest BCUT2D eigenvalue weighted by molar-refractivity contribution is 6.30. The normalized spacial score (nSPS) is 19.4. The largest absolute Gasteiger partial charge is 0.357 e. The van der Waals surface area contributed by atoms with Gasteiger partial charge >= 0.3 is 0 Å².